The van der Waals surface area contributed by atoms with Crippen molar-refractivity contribution in [2.75, 3.05) is 5.32 Å². The molecule has 0 aromatic heterocycles. The molecule has 1 aromatic rings. The Labute approximate surface area is 107 Å². The number of nitro groups is 1. The molecule has 0 fully saturated rings. The van der Waals surface area contributed by atoms with E-state index in [1.165, 1.54) is 0 Å². The number of hydrogen-bond acceptors (Lipinski definition) is 4. The zero-order valence-electron chi connectivity index (χ0n) is 10.3. The zero-order valence-corrected chi connectivity index (χ0v) is 10.3. The van der Waals surface area contributed by atoms with Gasteiger partial charge in [-0.15, -0.1) is 0 Å². The number of nitrogens with two attached hydrogens (primary N) is 1. The molecule has 3 N–H and O–H groups in total. The van der Waals surface area contributed by atoms with E-state index in [1.54, 1.807) is 13.8 Å². The van der Waals surface area contributed by atoms with Crippen LogP contribution < -0.4 is 11.1 Å². The fraction of sp³-hybridized carbons (Fsp3) is 0.364. The summed E-state index contributed by atoms with van der Waals surface area (Å²) in [6.45, 7) is 3.33. The lowest BCUT2D eigenvalue weighted by Crippen LogP contribution is -2.40. The van der Waals surface area contributed by atoms with E-state index < -0.39 is 39.9 Å². The first-order valence-corrected chi connectivity index (χ1v) is 5.44. The number of carbonyl (C=O) groups is 1. The van der Waals surface area contributed by atoms with Gasteiger partial charge in [0.1, 0.15) is 5.82 Å². The zero-order chi connectivity index (χ0) is 14.7. The Hall–Kier alpha value is -2.09. The number of carbonyl (C=O) groups excluding carboxylic acids is 1. The minimum atomic E-state index is -1.23. The van der Waals surface area contributed by atoms with E-state index in [0.717, 1.165) is 0 Å². The summed E-state index contributed by atoms with van der Waals surface area (Å²) in [5, 5.41) is 12.7. The molecular weight excluding hydrogens is 260 g/mol. The average molecular weight is 273 g/mol. The van der Waals surface area contributed by atoms with Gasteiger partial charge in [-0.25, -0.2) is 8.78 Å². The molecule has 0 aliphatic rings. The predicted octanol–water partition coefficient (Wildman–Crippen LogP) is 1.79. The van der Waals surface area contributed by atoms with Gasteiger partial charge in [0.15, 0.2) is 11.5 Å². The van der Waals surface area contributed by atoms with Crippen molar-refractivity contribution in [1.82, 2.24) is 0 Å². The molecule has 6 nitrogen and oxygen atoms in total. The van der Waals surface area contributed by atoms with Crippen molar-refractivity contribution in [3.05, 3.63) is 33.9 Å². The highest BCUT2D eigenvalue weighted by atomic mass is 19.1. The van der Waals surface area contributed by atoms with Gasteiger partial charge in [0.2, 0.25) is 5.91 Å². The quantitative estimate of drug-likeness (QED) is 0.645. The Morgan fingerprint density at radius 3 is 2.47 bits per heavy atom. The second kappa shape index (κ2) is 5.70. The van der Waals surface area contributed by atoms with E-state index in [9.17, 15) is 23.7 Å². The van der Waals surface area contributed by atoms with E-state index in [2.05, 4.69) is 0 Å². The lowest BCUT2D eigenvalue weighted by Gasteiger charge is -2.15. The monoisotopic (exact) mass is 273 g/mol. The van der Waals surface area contributed by atoms with Crippen LogP contribution in [0.4, 0.5) is 20.2 Å². The Balaban J connectivity index is 3.14. The number of amides is 1. The van der Waals surface area contributed by atoms with Crippen LogP contribution in [0.5, 0.6) is 0 Å². The summed E-state index contributed by atoms with van der Waals surface area (Å²) in [6.07, 6.45) is 0. The summed E-state index contributed by atoms with van der Waals surface area (Å²) >= 11 is 0. The fourth-order valence-corrected chi connectivity index (χ4v) is 1.34. The fourth-order valence-electron chi connectivity index (χ4n) is 1.34. The number of benzene rings is 1. The van der Waals surface area contributed by atoms with Gasteiger partial charge in [0.05, 0.1) is 17.0 Å². The van der Waals surface area contributed by atoms with Crippen LogP contribution in [-0.2, 0) is 4.79 Å². The molecule has 0 heterocycles. The molecule has 1 atom stereocenters. The van der Waals surface area contributed by atoms with Crippen LogP contribution in [0.15, 0.2) is 12.1 Å². The van der Waals surface area contributed by atoms with Crippen LogP contribution in [0.1, 0.15) is 13.8 Å². The molecule has 0 spiro atoms. The molecule has 0 radical (unpaired) electrons. The maximum atomic E-state index is 13.5. The number of hydrogen-bond donors (Lipinski definition) is 2. The molecule has 1 amide bonds. The van der Waals surface area contributed by atoms with Gasteiger partial charge in [-0.1, -0.05) is 13.8 Å². The van der Waals surface area contributed by atoms with E-state index in [1.807, 2.05) is 5.32 Å². The van der Waals surface area contributed by atoms with Crippen molar-refractivity contribution in [2.24, 2.45) is 11.7 Å². The van der Waals surface area contributed by atoms with E-state index in [4.69, 9.17) is 5.73 Å². The van der Waals surface area contributed by atoms with Crippen molar-refractivity contribution < 1.29 is 18.5 Å². The summed E-state index contributed by atoms with van der Waals surface area (Å²) in [5.41, 5.74) is 3.99. The highest BCUT2D eigenvalue weighted by Crippen LogP contribution is 2.28. The van der Waals surface area contributed by atoms with Gasteiger partial charge < -0.3 is 11.1 Å². The van der Waals surface area contributed by atoms with Crippen molar-refractivity contribution in [2.45, 2.75) is 19.9 Å². The van der Waals surface area contributed by atoms with Crippen LogP contribution in [0.25, 0.3) is 0 Å². The number of nitrogens with one attached hydrogen (secondary N) is 1. The van der Waals surface area contributed by atoms with Gasteiger partial charge in [0, 0.05) is 6.07 Å². The molecule has 19 heavy (non-hydrogen) atoms. The highest BCUT2D eigenvalue weighted by Gasteiger charge is 2.25. The lowest BCUT2D eigenvalue weighted by atomic mass is 10.0. The minimum absolute atomic E-state index is 0.234. The summed E-state index contributed by atoms with van der Waals surface area (Å²) in [7, 11) is 0. The van der Waals surface area contributed by atoms with E-state index in [-0.39, 0.29) is 5.92 Å². The molecule has 0 saturated heterocycles. The number of halogens is 2. The summed E-state index contributed by atoms with van der Waals surface area (Å²) < 4.78 is 26.4. The number of nitro benzene ring substituents is 1. The van der Waals surface area contributed by atoms with Gasteiger partial charge in [-0.2, -0.15) is 0 Å². The van der Waals surface area contributed by atoms with Gasteiger partial charge >= 0.3 is 0 Å². The molecule has 0 aliphatic carbocycles. The Kier molecular flexibility index (Phi) is 4.49. The Morgan fingerprint density at radius 2 is 2.00 bits per heavy atom. The van der Waals surface area contributed by atoms with Gasteiger partial charge in [0.25, 0.3) is 5.69 Å². The maximum absolute atomic E-state index is 13.5. The average Bonchev–Trinajstić information content (AvgIpc) is 2.30. The van der Waals surface area contributed by atoms with Crippen LogP contribution in [-0.4, -0.2) is 16.9 Å². The van der Waals surface area contributed by atoms with Crippen LogP contribution >= 0.6 is 0 Å². The highest BCUT2D eigenvalue weighted by molar-refractivity contribution is 5.96. The SMILES string of the molecule is CC(C)[C@@H](N)C(=O)Nc1c(F)cc(F)cc1[N+](=O)[O-]. The number of anilines is 1. The van der Waals surface area contributed by atoms with Crippen LogP contribution in [0, 0.1) is 27.7 Å². The van der Waals surface area contributed by atoms with Crippen molar-refractivity contribution in [1.29, 1.82) is 0 Å². The molecule has 0 saturated carbocycles. The third kappa shape index (κ3) is 3.44. The number of rotatable bonds is 4. The second-order valence-corrected chi connectivity index (χ2v) is 4.30. The van der Waals surface area contributed by atoms with E-state index in [0.29, 0.717) is 12.1 Å². The van der Waals surface area contributed by atoms with E-state index >= 15 is 0 Å². The van der Waals surface area contributed by atoms with Crippen molar-refractivity contribution in [3.8, 4) is 0 Å². The first-order chi connectivity index (χ1) is 8.73. The predicted molar refractivity (Wildman–Crippen MR) is 64.5 cm³/mol. The molecule has 1 rings (SSSR count). The molecule has 104 valence electrons. The Bertz CT molecular complexity index is 520. The maximum Gasteiger partial charge on any atom is 0.298 e. The number of nitrogens with zero attached hydrogens (tertiary/aromatic N) is 1. The largest absolute Gasteiger partial charge is 0.320 e. The minimum Gasteiger partial charge on any atom is -0.320 e. The molecule has 0 unspecified atom stereocenters. The molecule has 8 heteroatoms. The second-order valence-electron chi connectivity index (χ2n) is 4.30. The third-order valence-electron chi connectivity index (χ3n) is 2.50. The standard InChI is InChI=1S/C11H13F2N3O3/c1-5(2)9(14)11(17)15-10-7(13)3-6(12)4-8(10)16(18)19/h3-5,9H,14H2,1-2H3,(H,15,17)/t9-/m1/s1. The third-order valence-corrected chi connectivity index (χ3v) is 2.50. The van der Waals surface area contributed by atoms with Gasteiger partial charge in [-0.3, -0.25) is 14.9 Å². The normalized spacial score (nSPS) is 12.3. The van der Waals surface area contributed by atoms with Crippen LogP contribution in [0.3, 0.4) is 0 Å². The summed E-state index contributed by atoms with van der Waals surface area (Å²) in [4.78, 5) is 21.4. The summed E-state index contributed by atoms with van der Waals surface area (Å²) in [6, 6.07) is 0.0207. The molecule has 0 aliphatic heterocycles. The van der Waals surface area contributed by atoms with Crippen molar-refractivity contribution >= 4 is 17.3 Å². The molecule has 1 aromatic carbocycles. The smallest absolute Gasteiger partial charge is 0.298 e. The Morgan fingerprint density at radius 1 is 1.42 bits per heavy atom. The lowest BCUT2D eigenvalue weighted by molar-refractivity contribution is -0.384. The van der Waals surface area contributed by atoms with Crippen LogP contribution in [0.2, 0.25) is 0 Å². The summed E-state index contributed by atoms with van der Waals surface area (Å²) in [5.74, 6) is -3.34. The first-order valence-electron chi connectivity index (χ1n) is 5.44. The molecular formula is C11H13F2N3O3. The topological polar surface area (TPSA) is 98.3 Å². The molecule has 0 bridgehead atoms. The first kappa shape index (κ1) is 15.0. The van der Waals surface area contributed by atoms with Gasteiger partial charge in [-0.05, 0) is 5.92 Å². The van der Waals surface area contributed by atoms with Crippen molar-refractivity contribution in [3.63, 3.8) is 0 Å².